The summed E-state index contributed by atoms with van der Waals surface area (Å²) in [5.41, 5.74) is 3.42. The van der Waals surface area contributed by atoms with Gasteiger partial charge in [-0.05, 0) is 50.0 Å². The first-order chi connectivity index (χ1) is 16.8. The Bertz CT molecular complexity index is 1280. The lowest BCUT2D eigenvalue weighted by molar-refractivity contribution is -0.140. The molecule has 0 unspecified atom stereocenters. The van der Waals surface area contributed by atoms with Gasteiger partial charge in [-0.15, -0.1) is 0 Å². The number of hydrogen-bond donors (Lipinski definition) is 4. The summed E-state index contributed by atoms with van der Waals surface area (Å²) in [5, 5.41) is 6.36. The van der Waals surface area contributed by atoms with E-state index >= 15 is 0 Å². The maximum Gasteiger partial charge on any atom is 0.435 e. The normalized spacial score (nSPS) is 17.1. The minimum atomic E-state index is -4.53. The number of hydrogen-bond acceptors (Lipinski definition) is 4. The predicted molar refractivity (Wildman–Crippen MR) is 129 cm³/mol. The van der Waals surface area contributed by atoms with Gasteiger partial charge in [0.15, 0.2) is 5.69 Å². The molecule has 0 radical (unpaired) electrons. The third-order valence-electron chi connectivity index (χ3n) is 6.52. The molecule has 35 heavy (non-hydrogen) atoms. The van der Waals surface area contributed by atoms with Crippen LogP contribution in [0.15, 0.2) is 54.7 Å². The average Bonchev–Trinajstić information content (AvgIpc) is 3.63. The molecule has 1 fully saturated rings. The van der Waals surface area contributed by atoms with E-state index in [0.717, 1.165) is 47.6 Å². The van der Waals surface area contributed by atoms with Crippen molar-refractivity contribution in [3.8, 4) is 33.6 Å². The highest BCUT2D eigenvalue weighted by atomic mass is 19.4. The zero-order valence-corrected chi connectivity index (χ0v) is 19.5. The fourth-order valence-electron chi connectivity index (χ4n) is 4.40. The molecule has 1 aliphatic heterocycles. The Labute approximate surface area is 201 Å². The highest BCUT2D eigenvalue weighted by Gasteiger charge is 2.38. The van der Waals surface area contributed by atoms with Crippen LogP contribution in [0.1, 0.15) is 49.2 Å². The van der Waals surface area contributed by atoms with Gasteiger partial charge in [0.05, 0.1) is 29.7 Å². The van der Waals surface area contributed by atoms with Crippen LogP contribution in [0.5, 0.6) is 0 Å². The maximum absolute atomic E-state index is 13.7. The lowest BCUT2D eigenvalue weighted by Crippen LogP contribution is -2.14. The number of H-pyrrole nitrogens is 2. The number of halogens is 3. The molecule has 2 aromatic carbocycles. The minimum absolute atomic E-state index is 0.00828. The molecular formula is C26H27F3N6. The van der Waals surface area contributed by atoms with Gasteiger partial charge in [-0.1, -0.05) is 48.5 Å². The molecule has 1 aliphatic rings. The van der Waals surface area contributed by atoms with E-state index in [0.29, 0.717) is 11.4 Å². The largest absolute Gasteiger partial charge is 0.435 e. The van der Waals surface area contributed by atoms with Crippen LogP contribution < -0.4 is 10.6 Å². The number of aromatic amines is 2. The van der Waals surface area contributed by atoms with Gasteiger partial charge in [0.25, 0.3) is 0 Å². The molecule has 0 aliphatic carbocycles. The van der Waals surface area contributed by atoms with Crippen LogP contribution >= 0.6 is 0 Å². The number of aromatic nitrogens is 4. The molecule has 182 valence electrons. The van der Waals surface area contributed by atoms with E-state index in [9.17, 15) is 13.2 Å². The lowest BCUT2D eigenvalue weighted by atomic mass is 10.0. The second-order valence-corrected chi connectivity index (χ2v) is 8.84. The van der Waals surface area contributed by atoms with Crippen molar-refractivity contribution in [1.29, 1.82) is 0 Å². The fraction of sp³-hybridized carbons (Fsp3) is 0.308. The van der Waals surface area contributed by atoms with Gasteiger partial charge in [-0.3, -0.25) is 0 Å². The lowest BCUT2D eigenvalue weighted by Gasteiger charge is -2.08. The molecule has 4 N–H and O–H groups in total. The Hall–Kier alpha value is -3.43. The fourth-order valence-corrected chi connectivity index (χ4v) is 4.40. The van der Waals surface area contributed by atoms with E-state index < -0.39 is 11.9 Å². The molecule has 0 bridgehead atoms. The molecule has 4 aromatic rings. The quantitative estimate of drug-likeness (QED) is 0.279. The monoisotopic (exact) mass is 480 g/mol. The van der Waals surface area contributed by atoms with Crippen LogP contribution in [0.2, 0.25) is 0 Å². The van der Waals surface area contributed by atoms with E-state index in [4.69, 9.17) is 0 Å². The third kappa shape index (κ3) is 4.74. The second-order valence-electron chi connectivity index (χ2n) is 8.84. The van der Waals surface area contributed by atoms with Crippen LogP contribution in [-0.2, 0) is 6.18 Å². The first-order valence-electron chi connectivity index (χ1n) is 11.7. The molecule has 2 atom stereocenters. The topological polar surface area (TPSA) is 81.4 Å². The Morgan fingerprint density at radius 3 is 2.14 bits per heavy atom. The molecule has 0 spiro atoms. The van der Waals surface area contributed by atoms with E-state index in [1.807, 2.05) is 56.6 Å². The Morgan fingerprint density at radius 2 is 1.57 bits per heavy atom. The predicted octanol–water partition coefficient (Wildman–Crippen LogP) is 5.86. The Kier molecular flexibility index (Phi) is 6.21. The third-order valence-corrected chi connectivity index (χ3v) is 6.52. The van der Waals surface area contributed by atoms with Crippen LogP contribution in [0.25, 0.3) is 33.6 Å². The van der Waals surface area contributed by atoms with Crippen LogP contribution in [0.3, 0.4) is 0 Å². The summed E-state index contributed by atoms with van der Waals surface area (Å²) in [5.74, 6) is 1.21. The zero-order chi connectivity index (χ0) is 24.6. The molecule has 5 rings (SSSR count). The summed E-state index contributed by atoms with van der Waals surface area (Å²) >= 11 is 0. The van der Waals surface area contributed by atoms with Crippen molar-refractivity contribution in [2.45, 2.75) is 38.0 Å². The Balaban J connectivity index is 1.39. The first-order valence-corrected chi connectivity index (χ1v) is 11.7. The zero-order valence-electron chi connectivity index (χ0n) is 19.5. The van der Waals surface area contributed by atoms with Crippen molar-refractivity contribution in [1.82, 2.24) is 30.6 Å². The van der Waals surface area contributed by atoms with Gasteiger partial charge >= 0.3 is 6.18 Å². The molecule has 9 heteroatoms. The standard InChI is InChI=1S/C26H27F3N6/c1-15(30-2)24-32-14-21(33-24)18-9-5-16(6-10-18)17-7-11-19(12-8-17)22-23(26(27,28)29)35-25(34-22)20-4-3-13-31-20/h5-12,14-15,20,30-31H,3-4,13H2,1-2H3,(H,32,33)(H,34,35)/t15-,20-/m0/s1. The molecule has 2 aromatic heterocycles. The van der Waals surface area contributed by atoms with Gasteiger partial charge in [0.1, 0.15) is 11.6 Å². The summed E-state index contributed by atoms with van der Waals surface area (Å²) in [6.45, 7) is 2.81. The van der Waals surface area contributed by atoms with Crippen molar-refractivity contribution >= 4 is 0 Å². The van der Waals surface area contributed by atoms with E-state index in [-0.39, 0.29) is 17.8 Å². The number of nitrogens with zero attached hydrogens (tertiary/aromatic N) is 2. The summed E-state index contributed by atoms with van der Waals surface area (Å²) in [6, 6.07) is 15.0. The molecule has 6 nitrogen and oxygen atoms in total. The molecule has 3 heterocycles. The highest BCUT2D eigenvalue weighted by Crippen LogP contribution is 2.38. The Morgan fingerprint density at radius 1 is 0.943 bits per heavy atom. The average molecular weight is 481 g/mol. The van der Waals surface area contributed by atoms with Crippen LogP contribution in [-0.4, -0.2) is 33.5 Å². The van der Waals surface area contributed by atoms with Gasteiger partial charge < -0.3 is 20.6 Å². The second kappa shape index (κ2) is 9.31. The van der Waals surface area contributed by atoms with E-state index in [2.05, 4.69) is 30.6 Å². The van der Waals surface area contributed by atoms with Crippen molar-refractivity contribution < 1.29 is 13.2 Å². The van der Waals surface area contributed by atoms with Gasteiger partial charge in [-0.25, -0.2) is 9.97 Å². The summed E-state index contributed by atoms with van der Waals surface area (Å²) < 4.78 is 41.1. The minimum Gasteiger partial charge on any atom is -0.341 e. The van der Waals surface area contributed by atoms with Crippen molar-refractivity contribution in [2.75, 3.05) is 13.6 Å². The van der Waals surface area contributed by atoms with Gasteiger partial charge in [-0.2, -0.15) is 13.2 Å². The smallest absolute Gasteiger partial charge is 0.341 e. The van der Waals surface area contributed by atoms with Crippen LogP contribution in [0.4, 0.5) is 13.2 Å². The molecular weight excluding hydrogens is 453 g/mol. The van der Waals surface area contributed by atoms with Crippen molar-refractivity contribution in [3.63, 3.8) is 0 Å². The summed E-state index contributed by atoms with van der Waals surface area (Å²) in [6.07, 6.45) is -1.03. The number of benzene rings is 2. The summed E-state index contributed by atoms with van der Waals surface area (Å²) in [7, 11) is 1.88. The number of alkyl halides is 3. The number of rotatable bonds is 6. The van der Waals surface area contributed by atoms with E-state index in [1.165, 1.54) is 0 Å². The number of nitrogens with one attached hydrogen (secondary N) is 4. The molecule has 0 saturated carbocycles. The van der Waals surface area contributed by atoms with Crippen molar-refractivity contribution in [2.24, 2.45) is 0 Å². The molecule has 1 saturated heterocycles. The van der Waals surface area contributed by atoms with Gasteiger partial charge in [0.2, 0.25) is 0 Å². The van der Waals surface area contributed by atoms with Crippen molar-refractivity contribution in [3.05, 3.63) is 72.1 Å². The SMILES string of the molecule is CN[C@@H](C)c1ncc(-c2ccc(-c3ccc(-c4[nH]c([C@@H]5CCCN5)nc4C(F)(F)F)cc3)cc2)[nH]1. The summed E-state index contributed by atoms with van der Waals surface area (Å²) in [4.78, 5) is 14.6. The maximum atomic E-state index is 13.7. The highest BCUT2D eigenvalue weighted by molar-refractivity contribution is 5.72. The molecule has 0 amide bonds. The van der Waals surface area contributed by atoms with E-state index in [1.54, 1.807) is 12.1 Å². The first kappa shape index (κ1) is 23.3. The number of imidazole rings is 2. The van der Waals surface area contributed by atoms with Gasteiger partial charge in [0, 0.05) is 5.56 Å². The van der Waals surface area contributed by atoms with Crippen LogP contribution in [0, 0.1) is 0 Å².